The lowest BCUT2D eigenvalue weighted by atomic mass is 10.1. The van der Waals surface area contributed by atoms with Gasteiger partial charge >= 0.3 is 9.15 Å². The Kier molecular flexibility index (Phi) is 3.87. The summed E-state index contributed by atoms with van der Waals surface area (Å²) < 4.78 is 29.2. The van der Waals surface area contributed by atoms with Crippen LogP contribution >= 0.6 is 10.8 Å². The summed E-state index contributed by atoms with van der Waals surface area (Å²) in [6, 6.07) is 0. The third kappa shape index (κ3) is 4.66. The minimum Gasteiger partial charge on any atom is -0.277 e. The zero-order valence-corrected chi connectivity index (χ0v) is 8.63. The normalized spacial score (nSPS) is 13.5. The molecule has 0 aliphatic carbocycles. The Bertz CT molecular complexity index is 204. The molecule has 0 aliphatic heterocycles. The predicted molar refractivity (Wildman–Crippen MR) is 48.1 cm³/mol. The number of hydrogen-bond acceptors (Lipinski definition) is 3. The molecule has 0 spiro atoms. The highest BCUT2D eigenvalue weighted by Gasteiger charge is 2.26. The molecule has 3 nitrogen and oxygen atoms in total. The Morgan fingerprint density at radius 2 is 1.73 bits per heavy atom. The molecule has 0 bridgehead atoms. The topological polar surface area (TPSA) is 54.4 Å². The SMILES string of the molecule is CCC(C)(CC)SS(=O)(=O)O. The van der Waals surface area contributed by atoms with Crippen molar-refractivity contribution in [1.29, 1.82) is 0 Å². The Hall–Kier alpha value is 0.260. The lowest BCUT2D eigenvalue weighted by molar-refractivity contribution is 0.500. The molecule has 0 unspecified atom stereocenters. The summed E-state index contributed by atoms with van der Waals surface area (Å²) in [4.78, 5) is 0. The van der Waals surface area contributed by atoms with E-state index in [4.69, 9.17) is 4.55 Å². The fourth-order valence-corrected chi connectivity index (χ4v) is 3.60. The zero-order valence-electron chi connectivity index (χ0n) is 6.99. The molecule has 0 aliphatic rings. The van der Waals surface area contributed by atoms with E-state index in [0.717, 1.165) is 12.8 Å². The van der Waals surface area contributed by atoms with E-state index in [0.29, 0.717) is 10.8 Å². The molecule has 1 N–H and O–H groups in total. The monoisotopic (exact) mass is 198 g/mol. The van der Waals surface area contributed by atoms with Crippen LogP contribution < -0.4 is 0 Å². The molecule has 0 radical (unpaired) electrons. The van der Waals surface area contributed by atoms with Crippen LogP contribution in [-0.2, 0) is 9.15 Å². The second-order valence-electron chi connectivity index (χ2n) is 2.67. The van der Waals surface area contributed by atoms with Crippen LogP contribution in [0.25, 0.3) is 0 Å². The van der Waals surface area contributed by atoms with E-state index in [1.165, 1.54) is 0 Å². The van der Waals surface area contributed by atoms with Gasteiger partial charge in [-0.05, 0) is 19.8 Å². The lowest BCUT2D eigenvalue weighted by Crippen LogP contribution is -2.19. The standard InChI is InChI=1S/C6H14O3S2/c1-4-6(3,5-2)10-11(7,8)9/h4-5H2,1-3H3,(H,7,8,9). The highest BCUT2D eigenvalue weighted by molar-refractivity contribution is 8.70. The van der Waals surface area contributed by atoms with Crippen LogP contribution in [-0.4, -0.2) is 17.7 Å². The fraction of sp³-hybridized carbons (Fsp3) is 1.00. The van der Waals surface area contributed by atoms with Gasteiger partial charge in [-0.1, -0.05) is 13.8 Å². The van der Waals surface area contributed by atoms with Crippen LogP contribution in [0.15, 0.2) is 0 Å². The Morgan fingerprint density at radius 1 is 1.36 bits per heavy atom. The van der Waals surface area contributed by atoms with Crippen LogP contribution in [0.4, 0.5) is 0 Å². The third-order valence-corrected chi connectivity index (χ3v) is 4.83. The average molecular weight is 198 g/mol. The van der Waals surface area contributed by atoms with Gasteiger partial charge in [0, 0.05) is 15.5 Å². The van der Waals surface area contributed by atoms with Gasteiger partial charge in [0.15, 0.2) is 0 Å². The maximum absolute atomic E-state index is 10.5. The molecule has 0 amide bonds. The van der Waals surface area contributed by atoms with Gasteiger partial charge in [0.25, 0.3) is 0 Å². The quantitative estimate of drug-likeness (QED) is 0.555. The molecule has 0 saturated carbocycles. The maximum atomic E-state index is 10.5. The molecule has 68 valence electrons. The van der Waals surface area contributed by atoms with Crippen molar-refractivity contribution in [2.75, 3.05) is 0 Å². The summed E-state index contributed by atoms with van der Waals surface area (Å²) >= 11 is 0. The summed E-state index contributed by atoms with van der Waals surface area (Å²) in [6.07, 6.45) is 1.46. The van der Waals surface area contributed by atoms with Crippen LogP contribution in [0, 0.1) is 0 Å². The first kappa shape index (κ1) is 11.3. The smallest absolute Gasteiger partial charge is 0.277 e. The van der Waals surface area contributed by atoms with E-state index >= 15 is 0 Å². The van der Waals surface area contributed by atoms with Crippen molar-refractivity contribution < 1.29 is 13.0 Å². The van der Waals surface area contributed by atoms with Gasteiger partial charge < -0.3 is 0 Å². The highest BCUT2D eigenvalue weighted by Crippen LogP contribution is 2.35. The first-order chi connectivity index (χ1) is 4.83. The first-order valence-electron chi connectivity index (χ1n) is 3.51. The molecular weight excluding hydrogens is 184 g/mol. The molecule has 0 rings (SSSR count). The van der Waals surface area contributed by atoms with E-state index < -0.39 is 9.15 Å². The van der Waals surface area contributed by atoms with Crippen LogP contribution in [0.5, 0.6) is 0 Å². The van der Waals surface area contributed by atoms with E-state index in [2.05, 4.69) is 0 Å². The molecule has 11 heavy (non-hydrogen) atoms. The molecule has 0 aromatic rings. The molecular formula is C6H14O3S2. The van der Waals surface area contributed by atoms with E-state index in [1.54, 1.807) is 0 Å². The van der Waals surface area contributed by atoms with Gasteiger partial charge in [-0.2, -0.15) is 8.42 Å². The molecule has 0 aromatic heterocycles. The minimum absolute atomic E-state index is 0.354. The van der Waals surface area contributed by atoms with Gasteiger partial charge in [-0.15, -0.1) is 0 Å². The maximum Gasteiger partial charge on any atom is 0.320 e. The van der Waals surface area contributed by atoms with Crippen molar-refractivity contribution in [3.05, 3.63) is 0 Å². The van der Waals surface area contributed by atoms with Crippen molar-refractivity contribution in [3.8, 4) is 0 Å². The van der Waals surface area contributed by atoms with E-state index in [9.17, 15) is 8.42 Å². The molecule has 0 atom stereocenters. The summed E-state index contributed by atoms with van der Waals surface area (Å²) in [5.41, 5.74) is 0. The molecule has 0 saturated heterocycles. The average Bonchev–Trinajstić information content (AvgIpc) is 1.84. The number of rotatable bonds is 4. The fourth-order valence-electron chi connectivity index (χ4n) is 0.622. The first-order valence-corrected chi connectivity index (χ1v) is 6.28. The van der Waals surface area contributed by atoms with Crippen molar-refractivity contribution >= 4 is 19.9 Å². The highest BCUT2D eigenvalue weighted by atomic mass is 33.1. The van der Waals surface area contributed by atoms with Gasteiger partial charge in [0.1, 0.15) is 0 Å². The van der Waals surface area contributed by atoms with Crippen LogP contribution in [0.3, 0.4) is 0 Å². The van der Waals surface area contributed by atoms with Gasteiger partial charge in [0.05, 0.1) is 0 Å². The third-order valence-electron chi connectivity index (χ3n) is 1.80. The molecule has 0 heterocycles. The number of hydrogen-bond donors (Lipinski definition) is 1. The second-order valence-corrected chi connectivity index (χ2v) is 6.44. The van der Waals surface area contributed by atoms with Crippen LogP contribution in [0.1, 0.15) is 33.6 Å². The van der Waals surface area contributed by atoms with Crippen molar-refractivity contribution in [3.63, 3.8) is 0 Å². The minimum atomic E-state index is -3.89. The summed E-state index contributed by atoms with van der Waals surface area (Å²) in [7, 11) is -3.26. The summed E-state index contributed by atoms with van der Waals surface area (Å²) in [6.45, 7) is 5.63. The molecule has 0 aromatic carbocycles. The lowest BCUT2D eigenvalue weighted by Gasteiger charge is -2.22. The van der Waals surface area contributed by atoms with Crippen molar-refractivity contribution in [1.82, 2.24) is 0 Å². The Morgan fingerprint density at radius 3 is 1.82 bits per heavy atom. The zero-order chi connectivity index (χ0) is 9.12. The van der Waals surface area contributed by atoms with E-state index in [1.807, 2.05) is 20.8 Å². The second kappa shape index (κ2) is 3.78. The summed E-state index contributed by atoms with van der Waals surface area (Å²) in [5.74, 6) is 0. The predicted octanol–water partition coefficient (Wildman–Crippen LogP) is 2.10. The van der Waals surface area contributed by atoms with Gasteiger partial charge in [-0.25, -0.2) is 0 Å². The van der Waals surface area contributed by atoms with Gasteiger partial charge in [-0.3, -0.25) is 4.55 Å². The Balaban J connectivity index is 4.32. The largest absolute Gasteiger partial charge is 0.320 e. The molecule has 5 heteroatoms. The van der Waals surface area contributed by atoms with E-state index in [-0.39, 0.29) is 4.75 Å². The van der Waals surface area contributed by atoms with Crippen molar-refractivity contribution in [2.24, 2.45) is 0 Å². The van der Waals surface area contributed by atoms with Gasteiger partial charge in [0.2, 0.25) is 0 Å². The molecule has 0 fully saturated rings. The Labute approximate surface area is 71.7 Å². The van der Waals surface area contributed by atoms with Crippen molar-refractivity contribution in [2.45, 2.75) is 38.4 Å². The summed E-state index contributed by atoms with van der Waals surface area (Å²) in [5, 5.41) is 0. The van der Waals surface area contributed by atoms with Crippen LogP contribution in [0.2, 0.25) is 0 Å².